The van der Waals surface area contributed by atoms with E-state index in [0.717, 1.165) is 38.8 Å². The zero-order chi connectivity index (χ0) is 12.7. The molecule has 0 atom stereocenters. The minimum atomic E-state index is -0.0225. The summed E-state index contributed by atoms with van der Waals surface area (Å²) in [6.07, 6.45) is 5.65. The van der Waals surface area contributed by atoms with Crippen LogP contribution in [0.5, 0.6) is 0 Å². The molecule has 1 amide bonds. The number of unbranched alkanes of at least 4 members (excludes halogenated alkanes) is 2. The Morgan fingerprint density at radius 3 is 2.29 bits per heavy atom. The molecule has 0 N–H and O–H groups in total. The van der Waals surface area contributed by atoms with Crippen LogP contribution in [0.1, 0.15) is 49.9 Å². The van der Waals surface area contributed by atoms with Crippen LogP contribution in [0, 0.1) is 0 Å². The topological polar surface area (TPSA) is 33.5 Å². The standard InChI is InChI=1S/C13H20ClNO2/c1-3-5-8-15(9-6-4-2)13(16)11-7-10-17-12(11)14/h7,10H,3-6,8-9H2,1-2H3. The Bertz CT molecular complexity index is 341. The minimum Gasteiger partial charge on any atom is -0.452 e. The van der Waals surface area contributed by atoms with Crippen molar-refractivity contribution in [3.63, 3.8) is 0 Å². The molecule has 17 heavy (non-hydrogen) atoms. The maximum Gasteiger partial charge on any atom is 0.258 e. The van der Waals surface area contributed by atoms with Crippen molar-refractivity contribution in [1.29, 1.82) is 0 Å². The molecule has 0 bridgehead atoms. The zero-order valence-corrected chi connectivity index (χ0v) is 11.3. The Morgan fingerprint density at radius 2 is 1.88 bits per heavy atom. The third-order valence-corrected chi connectivity index (χ3v) is 2.99. The molecule has 0 aliphatic rings. The lowest BCUT2D eigenvalue weighted by atomic mass is 10.2. The highest BCUT2D eigenvalue weighted by molar-refractivity contribution is 6.32. The molecule has 0 aliphatic heterocycles. The van der Waals surface area contributed by atoms with E-state index in [-0.39, 0.29) is 11.1 Å². The van der Waals surface area contributed by atoms with Crippen molar-refractivity contribution in [3.8, 4) is 0 Å². The average Bonchev–Trinajstić information content (AvgIpc) is 2.75. The van der Waals surface area contributed by atoms with Gasteiger partial charge in [-0.05, 0) is 30.5 Å². The van der Waals surface area contributed by atoms with Crippen molar-refractivity contribution in [3.05, 3.63) is 23.1 Å². The fourth-order valence-corrected chi connectivity index (χ4v) is 1.82. The molecule has 0 saturated heterocycles. The van der Waals surface area contributed by atoms with Crippen LogP contribution in [0.2, 0.25) is 5.22 Å². The number of hydrogen-bond acceptors (Lipinski definition) is 2. The fourth-order valence-electron chi connectivity index (χ4n) is 1.63. The first kappa shape index (κ1) is 14.1. The molecule has 0 aliphatic carbocycles. The molecule has 3 nitrogen and oxygen atoms in total. The second-order valence-electron chi connectivity index (χ2n) is 4.11. The second kappa shape index (κ2) is 7.38. The minimum absolute atomic E-state index is 0.0225. The molecule has 0 radical (unpaired) electrons. The van der Waals surface area contributed by atoms with Crippen LogP contribution in [0.25, 0.3) is 0 Å². The van der Waals surface area contributed by atoms with Crippen LogP contribution in [-0.2, 0) is 0 Å². The largest absolute Gasteiger partial charge is 0.452 e. The second-order valence-corrected chi connectivity index (χ2v) is 4.45. The maximum absolute atomic E-state index is 12.2. The van der Waals surface area contributed by atoms with Gasteiger partial charge in [0.1, 0.15) is 0 Å². The summed E-state index contributed by atoms with van der Waals surface area (Å²) in [7, 11) is 0. The Kier molecular flexibility index (Phi) is 6.12. The quantitative estimate of drug-likeness (QED) is 0.740. The molecule has 4 heteroatoms. The van der Waals surface area contributed by atoms with E-state index in [0.29, 0.717) is 5.56 Å². The predicted octanol–water partition coefficient (Wildman–Crippen LogP) is 3.98. The molecule has 1 rings (SSSR count). The zero-order valence-electron chi connectivity index (χ0n) is 10.5. The lowest BCUT2D eigenvalue weighted by Crippen LogP contribution is -2.32. The summed E-state index contributed by atoms with van der Waals surface area (Å²) in [5.41, 5.74) is 0.471. The number of nitrogens with zero attached hydrogens (tertiary/aromatic N) is 1. The molecule has 0 aromatic carbocycles. The van der Waals surface area contributed by atoms with E-state index in [1.807, 2.05) is 4.90 Å². The number of amides is 1. The van der Waals surface area contributed by atoms with E-state index >= 15 is 0 Å². The SMILES string of the molecule is CCCCN(CCCC)C(=O)c1ccoc1Cl. The smallest absolute Gasteiger partial charge is 0.258 e. The van der Waals surface area contributed by atoms with Gasteiger partial charge in [0, 0.05) is 13.1 Å². The van der Waals surface area contributed by atoms with Crippen LogP contribution in [0.15, 0.2) is 16.7 Å². The summed E-state index contributed by atoms with van der Waals surface area (Å²) in [5.74, 6) is -0.0225. The molecule has 0 fully saturated rings. The Morgan fingerprint density at radius 1 is 1.29 bits per heavy atom. The monoisotopic (exact) mass is 257 g/mol. The number of halogens is 1. The summed E-state index contributed by atoms with van der Waals surface area (Å²) in [6, 6.07) is 1.63. The first-order valence-corrected chi connectivity index (χ1v) is 6.60. The third-order valence-electron chi connectivity index (χ3n) is 2.70. The van der Waals surface area contributed by atoms with E-state index in [2.05, 4.69) is 13.8 Å². The average molecular weight is 258 g/mol. The van der Waals surface area contributed by atoms with Crippen LogP contribution >= 0.6 is 11.6 Å². The Balaban J connectivity index is 2.68. The van der Waals surface area contributed by atoms with E-state index in [1.54, 1.807) is 6.07 Å². The molecular formula is C13H20ClNO2. The highest BCUT2D eigenvalue weighted by Crippen LogP contribution is 2.19. The predicted molar refractivity (Wildman–Crippen MR) is 69.4 cm³/mol. The van der Waals surface area contributed by atoms with E-state index in [9.17, 15) is 4.79 Å². The molecule has 0 saturated carbocycles. The van der Waals surface area contributed by atoms with Gasteiger partial charge in [-0.2, -0.15) is 0 Å². The van der Waals surface area contributed by atoms with Crippen LogP contribution < -0.4 is 0 Å². The summed E-state index contributed by atoms with van der Waals surface area (Å²) < 4.78 is 4.96. The van der Waals surface area contributed by atoms with E-state index < -0.39 is 0 Å². The van der Waals surface area contributed by atoms with E-state index in [1.165, 1.54) is 6.26 Å². The highest BCUT2D eigenvalue weighted by atomic mass is 35.5. The van der Waals surface area contributed by atoms with Crippen molar-refractivity contribution in [2.75, 3.05) is 13.1 Å². The number of rotatable bonds is 7. The van der Waals surface area contributed by atoms with Crippen molar-refractivity contribution in [2.45, 2.75) is 39.5 Å². The number of hydrogen-bond donors (Lipinski definition) is 0. The van der Waals surface area contributed by atoms with Gasteiger partial charge in [0.25, 0.3) is 5.91 Å². The summed E-state index contributed by atoms with van der Waals surface area (Å²) in [5, 5.41) is 0.188. The molecule has 1 aromatic rings. The van der Waals surface area contributed by atoms with Crippen molar-refractivity contribution >= 4 is 17.5 Å². The molecule has 1 heterocycles. The third kappa shape index (κ3) is 4.08. The van der Waals surface area contributed by atoms with Gasteiger partial charge in [-0.15, -0.1) is 0 Å². The molecule has 0 unspecified atom stereocenters. The number of carbonyl (C=O) groups is 1. The van der Waals surface area contributed by atoms with Gasteiger partial charge in [0.2, 0.25) is 5.22 Å². The van der Waals surface area contributed by atoms with Crippen molar-refractivity contribution < 1.29 is 9.21 Å². The summed E-state index contributed by atoms with van der Waals surface area (Å²) >= 11 is 5.83. The number of furan rings is 1. The summed E-state index contributed by atoms with van der Waals surface area (Å²) in [4.78, 5) is 14.1. The van der Waals surface area contributed by atoms with Gasteiger partial charge >= 0.3 is 0 Å². The molecule has 1 aromatic heterocycles. The summed E-state index contributed by atoms with van der Waals surface area (Å²) in [6.45, 7) is 5.81. The number of carbonyl (C=O) groups excluding carboxylic acids is 1. The maximum atomic E-state index is 12.2. The van der Waals surface area contributed by atoms with Gasteiger partial charge in [-0.25, -0.2) is 0 Å². The van der Waals surface area contributed by atoms with Gasteiger partial charge in [-0.1, -0.05) is 26.7 Å². The lowest BCUT2D eigenvalue weighted by molar-refractivity contribution is 0.0750. The normalized spacial score (nSPS) is 10.5. The first-order chi connectivity index (χ1) is 8.20. The Labute approximate surface area is 108 Å². The highest BCUT2D eigenvalue weighted by Gasteiger charge is 2.19. The van der Waals surface area contributed by atoms with Crippen LogP contribution in [0.4, 0.5) is 0 Å². The Hall–Kier alpha value is -0.960. The first-order valence-electron chi connectivity index (χ1n) is 6.23. The van der Waals surface area contributed by atoms with Crippen LogP contribution in [0.3, 0.4) is 0 Å². The van der Waals surface area contributed by atoms with Gasteiger partial charge in [-0.3, -0.25) is 4.79 Å². The molecule has 96 valence electrons. The van der Waals surface area contributed by atoms with Gasteiger partial charge in [0.05, 0.1) is 11.8 Å². The van der Waals surface area contributed by atoms with E-state index in [4.69, 9.17) is 16.0 Å². The van der Waals surface area contributed by atoms with Gasteiger partial charge < -0.3 is 9.32 Å². The van der Waals surface area contributed by atoms with Crippen molar-refractivity contribution in [2.24, 2.45) is 0 Å². The van der Waals surface area contributed by atoms with Gasteiger partial charge in [0.15, 0.2) is 0 Å². The lowest BCUT2D eigenvalue weighted by Gasteiger charge is -2.21. The van der Waals surface area contributed by atoms with Crippen LogP contribution in [-0.4, -0.2) is 23.9 Å². The van der Waals surface area contributed by atoms with Crippen molar-refractivity contribution in [1.82, 2.24) is 4.90 Å². The molecular weight excluding hydrogens is 238 g/mol. The fraction of sp³-hybridized carbons (Fsp3) is 0.615. The molecule has 0 spiro atoms.